The largest absolute Gasteiger partial charge is 0.444 e. The van der Waals surface area contributed by atoms with E-state index in [2.05, 4.69) is 92.5 Å². The maximum Gasteiger partial charge on any atom is 0.410 e. The van der Waals surface area contributed by atoms with E-state index in [0.717, 1.165) is 65.4 Å². The second-order valence-electron chi connectivity index (χ2n) is 13.2. The lowest BCUT2D eigenvalue weighted by Crippen LogP contribution is -2.36. The summed E-state index contributed by atoms with van der Waals surface area (Å²) in [7, 11) is 2.17. The van der Waals surface area contributed by atoms with E-state index in [1.54, 1.807) is 4.90 Å². The average Bonchev–Trinajstić information content (AvgIpc) is 3.82. The van der Waals surface area contributed by atoms with Crippen molar-refractivity contribution in [1.29, 1.82) is 0 Å². The molecule has 0 unspecified atom stereocenters. The van der Waals surface area contributed by atoms with Crippen LogP contribution in [-0.4, -0.2) is 61.6 Å². The van der Waals surface area contributed by atoms with Crippen molar-refractivity contribution >= 4 is 16.9 Å². The van der Waals surface area contributed by atoms with Crippen LogP contribution in [-0.2, 0) is 4.74 Å². The summed E-state index contributed by atoms with van der Waals surface area (Å²) in [5, 5.41) is 2.35. The Bertz CT molecular complexity index is 1800. The summed E-state index contributed by atoms with van der Waals surface area (Å²) in [6, 6.07) is 22.1. The third kappa shape index (κ3) is 5.62. The molecular weight excluding hydrogens is 548 g/mol. The molecule has 4 heterocycles. The van der Waals surface area contributed by atoms with Gasteiger partial charge in [-0.25, -0.2) is 14.8 Å². The molecule has 2 aromatic heterocycles. The van der Waals surface area contributed by atoms with Crippen LogP contribution in [0.1, 0.15) is 70.2 Å². The quantitative estimate of drug-likeness (QED) is 0.216. The lowest BCUT2D eigenvalue weighted by atomic mass is 9.98. The van der Waals surface area contributed by atoms with Crippen LogP contribution < -0.4 is 0 Å². The fourth-order valence-electron chi connectivity index (χ4n) is 6.59. The Labute approximate surface area is 258 Å². The van der Waals surface area contributed by atoms with E-state index in [4.69, 9.17) is 4.74 Å². The number of aromatic nitrogens is 4. The van der Waals surface area contributed by atoms with E-state index in [-0.39, 0.29) is 12.1 Å². The zero-order valence-electron chi connectivity index (χ0n) is 25.9. The Balaban J connectivity index is 1.07. The first-order valence-electron chi connectivity index (χ1n) is 15.7. The highest BCUT2D eigenvalue weighted by Crippen LogP contribution is 2.35. The molecule has 2 N–H and O–H groups in total. The van der Waals surface area contributed by atoms with Gasteiger partial charge < -0.3 is 14.7 Å². The van der Waals surface area contributed by atoms with Gasteiger partial charge in [-0.3, -0.25) is 9.80 Å². The van der Waals surface area contributed by atoms with Gasteiger partial charge in [0.1, 0.15) is 17.2 Å². The van der Waals surface area contributed by atoms with Gasteiger partial charge in [0.2, 0.25) is 0 Å². The van der Waals surface area contributed by atoms with Gasteiger partial charge in [0, 0.05) is 12.1 Å². The summed E-state index contributed by atoms with van der Waals surface area (Å²) < 4.78 is 5.64. The topological polar surface area (TPSA) is 90.1 Å². The van der Waals surface area contributed by atoms with Crippen LogP contribution in [0.3, 0.4) is 0 Å². The lowest BCUT2D eigenvalue weighted by molar-refractivity contribution is 0.0218. The van der Waals surface area contributed by atoms with Gasteiger partial charge in [0.15, 0.2) is 0 Å². The smallest absolute Gasteiger partial charge is 0.410 e. The third-order valence-electron chi connectivity index (χ3n) is 8.90. The number of nitrogens with one attached hydrogen (secondary N) is 2. The van der Waals surface area contributed by atoms with Crippen LogP contribution in [0, 0.1) is 0 Å². The minimum absolute atomic E-state index is 0.0997. The van der Waals surface area contributed by atoms with Crippen molar-refractivity contribution < 1.29 is 9.53 Å². The Kier molecular flexibility index (Phi) is 7.25. The number of ether oxygens (including phenoxy) is 1. The van der Waals surface area contributed by atoms with Crippen molar-refractivity contribution in [2.24, 2.45) is 0 Å². The third-order valence-corrected chi connectivity index (χ3v) is 8.90. The summed E-state index contributed by atoms with van der Waals surface area (Å²) in [4.78, 5) is 33.4. The number of hydrogen-bond acceptors (Lipinski definition) is 5. The van der Waals surface area contributed by atoms with E-state index in [1.807, 2.05) is 33.2 Å². The number of nitrogens with zero attached hydrogens (tertiary/aromatic N) is 4. The van der Waals surface area contributed by atoms with Crippen LogP contribution in [0.25, 0.3) is 44.4 Å². The fourth-order valence-corrected chi connectivity index (χ4v) is 6.59. The molecule has 2 saturated heterocycles. The number of hydrogen-bond donors (Lipinski definition) is 2. The van der Waals surface area contributed by atoms with Gasteiger partial charge in [-0.1, -0.05) is 48.5 Å². The minimum Gasteiger partial charge on any atom is -0.444 e. The number of imidazole rings is 2. The summed E-state index contributed by atoms with van der Waals surface area (Å²) in [6.45, 7) is 7.49. The molecule has 2 atom stereocenters. The molecule has 7 rings (SSSR count). The van der Waals surface area contributed by atoms with E-state index >= 15 is 0 Å². The molecule has 8 nitrogen and oxygen atoms in total. The molecule has 0 radical (unpaired) electrons. The van der Waals surface area contributed by atoms with Gasteiger partial charge in [0.25, 0.3) is 0 Å². The standard InChI is InChI=1S/C36H40N6O2/c1-36(2,3)44-35(43)42-18-6-8-32(42)34-38-22-30(40-34)28-16-15-26-19-25(13-14-27(26)20-28)23-9-11-24(12-10-23)29-21-37-33(39-29)31-7-5-17-41(31)4/h9-16,19-22,31-32H,5-8,17-18H2,1-4H3,(H,37,39)(H,38,40)/t31-,32-/m0/s1. The number of carbonyl (C=O) groups is 1. The van der Waals surface area contributed by atoms with E-state index in [1.165, 1.54) is 22.9 Å². The van der Waals surface area contributed by atoms with E-state index in [9.17, 15) is 4.79 Å². The maximum absolute atomic E-state index is 12.8. The second-order valence-corrected chi connectivity index (χ2v) is 13.2. The van der Waals surface area contributed by atoms with Crippen molar-refractivity contribution in [1.82, 2.24) is 29.7 Å². The Hall–Kier alpha value is -4.43. The normalized spacial score (nSPS) is 19.2. The van der Waals surface area contributed by atoms with E-state index in [0.29, 0.717) is 12.6 Å². The Morgan fingerprint density at radius 2 is 1.30 bits per heavy atom. The molecule has 226 valence electrons. The fraction of sp³-hybridized carbons (Fsp3) is 0.361. The number of fused-ring (bicyclic) bond motifs is 1. The molecule has 3 aromatic carbocycles. The zero-order chi connectivity index (χ0) is 30.4. The van der Waals surface area contributed by atoms with Gasteiger partial charge >= 0.3 is 6.09 Å². The first-order valence-corrected chi connectivity index (χ1v) is 15.7. The van der Waals surface area contributed by atoms with Gasteiger partial charge in [-0.2, -0.15) is 0 Å². The Morgan fingerprint density at radius 3 is 1.95 bits per heavy atom. The van der Waals surface area contributed by atoms with Gasteiger partial charge in [-0.15, -0.1) is 0 Å². The molecule has 0 spiro atoms. The SMILES string of the molecule is CN1CCC[C@H]1c1ncc(-c2ccc(-c3ccc4cc(-c5cnc([C@@H]6CCCN6C(=O)OC(C)(C)C)[nH]5)ccc4c3)cc2)[nH]1. The number of likely N-dealkylation sites (tertiary alicyclic amines) is 2. The van der Waals surface area contributed by atoms with Crippen molar-refractivity contribution in [3.63, 3.8) is 0 Å². The highest BCUT2D eigenvalue weighted by molar-refractivity contribution is 5.90. The molecule has 1 amide bonds. The highest BCUT2D eigenvalue weighted by atomic mass is 16.6. The number of aromatic amines is 2. The van der Waals surface area contributed by atoms with Crippen LogP contribution >= 0.6 is 0 Å². The predicted molar refractivity (Wildman–Crippen MR) is 174 cm³/mol. The van der Waals surface area contributed by atoms with Crippen LogP contribution in [0.5, 0.6) is 0 Å². The minimum atomic E-state index is -0.524. The number of amides is 1. The monoisotopic (exact) mass is 588 g/mol. The first-order chi connectivity index (χ1) is 21.2. The van der Waals surface area contributed by atoms with Crippen molar-refractivity contribution in [2.75, 3.05) is 20.1 Å². The summed E-state index contributed by atoms with van der Waals surface area (Å²) in [6.07, 6.45) is 7.73. The number of H-pyrrole nitrogens is 2. The predicted octanol–water partition coefficient (Wildman–Crippen LogP) is 8.13. The molecule has 8 heteroatoms. The number of rotatable bonds is 5. The van der Waals surface area contributed by atoms with Crippen molar-refractivity contribution in [2.45, 2.75) is 64.1 Å². The molecule has 0 bridgehead atoms. The maximum atomic E-state index is 12.8. The van der Waals surface area contributed by atoms with Gasteiger partial charge in [-0.05, 0) is 99.6 Å². The molecule has 0 saturated carbocycles. The molecule has 44 heavy (non-hydrogen) atoms. The summed E-state index contributed by atoms with van der Waals surface area (Å²) in [5.74, 6) is 1.87. The molecular formula is C36H40N6O2. The molecule has 2 aliphatic heterocycles. The summed E-state index contributed by atoms with van der Waals surface area (Å²) >= 11 is 0. The molecule has 0 aliphatic carbocycles. The van der Waals surface area contributed by atoms with Crippen molar-refractivity contribution in [3.05, 3.63) is 84.7 Å². The van der Waals surface area contributed by atoms with Crippen LogP contribution in [0.15, 0.2) is 73.1 Å². The van der Waals surface area contributed by atoms with Gasteiger partial charge in [0.05, 0.1) is 35.9 Å². The second kappa shape index (κ2) is 11.2. The first kappa shape index (κ1) is 28.3. The van der Waals surface area contributed by atoms with Crippen molar-refractivity contribution in [3.8, 4) is 33.6 Å². The number of benzene rings is 3. The average molecular weight is 589 g/mol. The summed E-state index contributed by atoms with van der Waals surface area (Å²) in [5.41, 5.74) is 6.05. The Morgan fingerprint density at radius 1 is 0.750 bits per heavy atom. The number of carbonyl (C=O) groups excluding carboxylic acids is 1. The van der Waals surface area contributed by atoms with E-state index < -0.39 is 5.60 Å². The molecule has 2 aliphatic rings. The van der Waals surface area contributed by atoms with Crippen LogP contribution in [0.4, 0.5) is 4.79 Å². The zero-order valence-corrected chi connectivity index (χ0v) is 25.9. The lowest BCUT2D eigenvalue weighted by Gasteiger charge is -2.27. The molecule has 2 fully saturated rings. The highest BCUT2D eigenvalue weighted by Gasteiger charge is 2.35. The van der Waals surface area contributed by atoms with Crippen LogP contribution in [0.2, 0.25) is 0 Å². The molecule has 5 aromatic rings.